The molecule has 34 heavy (non-hydrogen) atoms. The Hall–Kier alpha value is -5.20. The highest BCUT2D eigenvalue weighted by Gasteiger charge is 2.16. The molecule has 13 nitrogen and oxygen atoms in total. The molecule has 0 aliphatic rings. The van der Waals surface area contributed by atoms with Crippen molar-refractivity contribution in [1.82, 2.24) is 49.9 Å². The normalized spacial score (nSPS) is 11.2. The third-order valence-corrected chi connectivity index (χ3v) is 4.98. The lowest BCUT2D eigenvalue weighted by Crippen LogP contribution is -2.15. The molecule has 0 radical (unpaired) electrons. The van der Waals surface area contributed by atoms with E-state index in [-0.39, 0.29) is 11.6 Å². The fraction of sp³-hybridized carbons (Fsp3) is 0.0476. The van der Waals surface area contributed by atoms with Crippen LogP contribution in [0.2, 0.25) is 0 Å². The number of anilines is 1. The van der Waals surface area contributed by atoms with Crippen molar-refractivity contribution in [1.29, 1.82) is 0 Å². The molecule has 0 unspecified atom stereocenters. The molecular formula is C21H15N11O2. The second-order valence-electron chi connectivity index (χ2n) is 7.23. The Balaban J connectivity index is 1.18. The minimum absolute atomic E-state index is 0.0878. The summed E-state index contributed by atoms with van der Waals surface area (Å²) in [5, 5.41) is 14.9. The summed E-state index contributed by atoms with van der Waals surface area (Å²) in [4.78, 5) is 39.5. The number of rotatable bonds is 5. The molecular weight excluding hydrogens is 438 g/mol. The first-order valence-electron chi connectivity index (χ1n) is 10.1. The Morgan fingerprint density at radius 3 is 2.79 bits per heavy atom. The van der Waals surface area contributed by atoms with Crippen LogP contribution in [-0.4, -0.2) is 55.8 Å². The quantitative estimate of drug-likeness (QED) is 0.399. The van der Waals surface area contributed by atoms with Gasteiger partial charge in [0.05, 0.1) is 23.4 Å². The van der Waals surface area contributed by atoms with E-state index < -0.39 is 5.91 Å². The summed E-state index contributed by atoms with van der Waals surface area (Å²) in [6, 6.07) is 12.9. The summed E-state index contributed by atoms with van der Waals surface area (Å²) in [7, 11) is 1.77. The predicted molar refractivity (Wildman–Crippen MR) is 120 cm³/mol. The number of nitrogens with zero attached hydrogens (tertiary/aromatic N) is 9. The van der Waals surface area contributed by atoms with Gasteiger partial charge < -0.3 is 15.1 Å². The van der Waals surface area contributed by atoms with E-state index in [2.05, 4.69) is 45.6 Å². The van der Waals surface area contributed by atoms with Crippen molar-refractivity contribution in [2.24, 2.45) is 7.05 Å². The largest absolute Gasteiger partial charge is 0.337 e. The lowest BCUT2D eigenvalue weighted by Gasteiger charge is -2.04. The van der Waals surface area contributed by atoms with Gasteiger partial charge in [-0.2, -0.15) is 5.10 Å². The van der Waals surface area contributed by atoms with Crippen LogP contribution in [0.25, 0.3) is 33.7 Å². The molecule has 0 aliphatic heterocycles. The summed E-state index contributed by atoms with van der Waals surface area (Å²) < 4.78 is 1.63. The van der Waals surface area contributed by atoms with Crippen LogP contribution in [0.15, 0.2) is 61.1 Å². The second-order valence-corrected chi connectivity index (χ2v) is 7.23. The molecule has 1 aromatic carbocycles. The van der Waals surface area contributed by atoms with Crippen LogP contribution in [0.1, 0.15) is 10.5 Å². The zero-order valence-corrected chi connectivity index (χ0v) is 17.6. The average molecular weight is 453 g/mol. The Bertz CT molecular complexity index is 1620. The highest BCUT2D eigenvalue weighted by Crippen LogP contribution is 2.22. The highest BCUT2D eigenvalue weighted by atomic mass is 16.7. The Labute approximate surface area is 190 Å². The molecule has 5 aromatic heterocycles. The lowest BCUT2D eigenvalue weighted by molar-refractivity contribution is 0.102. The minimum atomic E-state index is -0.471. The fourth-order valence-electron chi connectivity index (χ4n) is 3.38. The van der Waals surface area contributed by atoms with E-state index >= 15 is 0 Å². The first kappa shape index (κ1) is 19.5. The van der Waals surface area contributed by atoms with Crippen molar-refractivity contribution >= 4 is 33.9 Å². The summed E-state index contributed by atoms with van der Waals surface area (Å²) in [5.41, 5.74) is 3.57. The van der Waals surface area contributed by atoms with Crippen LogP contribution >= 0.6 is 0 Å². The summed E-state index contributed by atoms with van der Waals surface area (Å²) in [5.74, 6) is 0.651. The summed E-state index contributed by atoms with van der Waals surface area (Å²) >= 11 is 0. The van der Waals surface area contributed by atoms with Gasteiger partial charge in [0.15, 0.2) is 11.6 Å². The van der Waals surface area contributed by atoms with Crippen LogP contribution < -0.4 is 10.2 Å². The topological polar surface area (TPSA) is 154 Å². The lowest BCUT2D eigenvalue weighted by atomic mass is 10.3. The third-order valence-electron chi connectivity index (χ3n) is 4.98. The molecule has 13 heteroatoms. The Kier molecular flexibility index (Phi) is 4.43. The first-order valence-corrected chi connectivity index (χ1v) is 10.1. The van der Waals surface area contributed by atoms with Gasteiger partial charge >= 0.3 is 0 Å². The number of H-pyrrole nitrogens is 1. The van der Waals surface area contributed by atoms with E-state index in [0.717, 1.165) is 21.6 Å². The van der Waals surface area contributed by atoms with Gasteiger partial charge in [-0.3, -0.25) is 9.48 Å². The number of amides is 1. The molecule has 0 fully saturated rings. The summed E-state index contributed by atoms with van der Waals surface area (Å²) in [6.45, 7) is 0. The van der Waals surface area contributed by atoms with Crippen molar-refractivity contribution in [3.05, 3.63) is 66.7 Å². The maximum Gasteiger partial charge on any atom is 0.277 e. The number of carbonyl (C=O) groups excluding carboxylic acids is 1. The monoisotopic (exact) mass is 453 g/mol. The zero-order chi connectivity index (χ0) is 23.1. The smallest absolute Gasteiger partial charge is 0.277 e. The number of aromatic nitrogens is 10. The van der Waals surface area contributed by atoms with Gasteiger partial charge in [-0.25, -0.2) is 19.9 Å². The van der Waals surface area contributed by atoms with Crippen molar-refractivity contribution in [2.45, 2.75) is 0 Å². The van der Waals surface area contributed by atoms with Crippen LogP contribution in [0.3, 0.4) is 0 Å². The minimum Gasteiger partial charge on any atom is -0.337 e. The molecule has 0 spiro atoms. The van der Waals surface area contributed by atoms with E-state index in [0.29, 0.717) is 22.8 Å². The number of para-hydroxylation sites is 2. The molecule has 0 bridgehead atoms. The van der Waals surface area contributed by atoms with Crippen molar-refractivity contribution < 1.29 is 9.63 Å². The number of benzene rings is 1. The van der Waals surface area contributed by atoms with E-state index in [9.17, 15) is 4.79 Å². The highest BCUT2D eigenvalue weighted by molar-refractivity contribution is 6.02. The van der Waals surface area contributed by atoms with Gasteiger partial charge in [0.2, 0.25) is 5.65 Å². The number of aryl methyl sites for hydroxylation is 1. The maximum absolute atomic E-state index is 12.7. The van der Waals surface area contributed by atoms with E-state index in [4.69, 9.17) is 4.84 Å². The Morgan fingerprint density at radius 1 is 1.06 bits per heavy atom. The molecule has 5 heterocycles. The molecule has 2 N–H and O–H groups in total. The number of carbonyl (C=O) groups is 1. The fourth-order valence-corrected chi connectivity index (χ4v) is 3.38. The Morgan fingerprint density at radius 2 is 1.94 bits per heavy atom. The number of hydrogen-bond acceptors (Lipinski definition) is 9. The number of aromatic amines is 1. The average Bonchev–Trinajstić information content (AvgIpc) is 3.56. The van der Waals surface area contributed by atoms with Crippen LogP contribution in [0.4, 0.5) is 5.82 Å². The van der Waals surface area contributed by atoms with Gasteiger partial charge in [-0.15, -0.1) is 5.10 Å². The molecule has 0 saturated carbocycles. The van der Waals surface area contributed by atoms with Crippen molar-refractivity contribution in [2.75, 3.05) is 5.32 Å². The van der Waals surface area contributed by atoms with Crippen LogP contribution in [-0.2, 0) is 7.05 Å². The zero-order valence-electron chi connectivity index (χ0n) is 17.6. The molecule has 6 rings (SSSR count). The van der Waals surface area contributed by atoms with Gasteiger partial charge in [-0.1, -0.05) is 17.0 Å². The van der Waals surface area contributed by atoms with Crippen LogP contribution in [0, 0.1) is 0 Å². The standard InChI is InChI=1S/C21H15N11O2/c1-31-16(19-25-12-5-2-3-6-13(12)26-19)9-17(29-31)27-21(33)15-10-24-18(11-23-15)34-32-20-14(28-30-32)7-4-8-22-20/h2-11H,1H3,(H,25,26)(H,27,29,33). The second kappa shape index (κ2) is 7.74. The van der Waals surface area contributed by atoms with Gasteiger partial charge in [0.25, 0.3) is 11.8 Å². The van der Waals surface area contributed by atoms with Gasteiger partial charge in [0.1, 0.15) is 16.9 Å². The molecule has 166 valence electrons. The molecule has 0 atom stereocenters. The molecule has 0 saturated heterocycles. The van der Waals surface area contributed by atoms with Crippen LogP contribution in [0.5, 0.6) is 5.88 Å². The first-order chi connectivity index (χ1) is 16.6. The number of nitrogens with one attached hydrogen (secondary N) is 2. The van der Waals surface area contributed by atoms with E-state index in [1.807, 2.05) is 24.3 Å². The van der Waals surface area contributed by atoms with E-state index in [1.54, 1.807) is 36.1 Å². The molecule has 1 amide bonds. The third kappa shape index (κ3) is 3.46. The van der Waals surface area contributed by atoms with Crippen molar-refractivity contribution in [3.63, 3.8) is 0 Å². The molecule has 0 aliphatic carbocycles. The number of pyridine rings is 1. The number of hydrogen-bond donors (Lipinski definition) is 2. The predicted octanol–water partition coefficient (Wildman–Crippen LogP) is 1.99. The van der Waals surface area contributed by atoms with Gasteiger partial charge in [0, 0.05) is 19.3 Å². The number of fused-ring (bicyclic) bond motifs is 2. The number of imidazole rings is 1. The summed E-state index contributed by atoms with van der Waals surface area (Å²) in [6.07, 6.45) is 4.20. The van der Waals surface area contributed by atoms with E-state index in [1.165, 1.54) is 12.4 Å². The van der Waals surface area contributed by atoms with Gasteiger partial charge in [-0.05, 0) is 29.5 Å². The van der Waals surface area contributed by atoms with Crippen molar-refractivity contribution in [3.8, 4) is 17.4 Å². The maximum atomic E-state index is 12.7. The molecule has 6 aromatic rings. The SMILES string of the molecule is Cn1nc(NC(=O)c2cnc(On3nnc4cccnc43)cn2)cc1-c1nc2ccccc2[nH]1.